The number of aromatic nitrogens is 4. The van der Waals surface area contributed by atoms with E-state index in [2.05, 4.69) is 61.1 Å². The molecule has 8 rings (SSSR count). The zero-order valence-electron chi connectivity index (χ0n) is 34.4. The van der Waals surface area contributed by atoms with E-state index in [9.17, 15) is 24.6 Å². The summed E-state index contributed by atoms with van der Waals surface area (Å²) < 4.78 is 1.77. The number of hydrogen-bond acceptors (Lipinski definition) is 11. The van der Waals surface area contributed by atoms with E-state index in [1.54, 1.807) is 42.1 Å². The van der Waals surface area contributed by atoms with Crippen molar-refractivity contribution >= 4 is 52.3 Å². The maximum atomic E-state index is 13.3. The minimum absolute atomic E-state index is 0.0144. The summed E-state index contributed by atoms with van der Waals surface area (Å²) in [5.74, 6) is 0.701. The highest BCUT2D eigenvalue weighted by Gasteiger charge is 2.44. The average molecular weight is 831 g/mol. The number of amides is 5. The van der Waals surface area contributed by atoms with Crippen molar-refractivity contribution in [3.8, 4) is 0 Å². The molecule has 8 N–H and O–H groups in total. The van der Waals surface area contributed by atoms with Crippen LogP contribution in [0.5, 0.6) is 0 Å². The topological polar surface area (TPSA) is 214 Å². The normalized spacial score (nSPS) is 22.7. The predicted octanol–water partition coefficient (Wildman–Crippen LogP) is 3.86. The molecule has 2 saturated heterocycles. The van der Waals surface area contributed by atoms with Gasteiger partial charge in [0.05, 0.1) is 18.4 Å². The number of carbonyl (C=O) groups is 3. The largest absolute Gasteiger partial charge is 0.388 e. The Morgan fingerprint density at radius 1 is 0.787 bits per heavy atom. The van der Waals surface area contributed by atoms with E-state index in [0.717, 1.165) is 30.6 Å². The molecule has 3 aliphatic rings. The van der Waals surface area contributed by atoms with Crippen LogP contribution in [0.3, 0.4) is 0 Å². The maximum absolute atomic E-state index is 13.3. The number of fused-ring (bicyclic) bond motifs is 1. The van der Waals surface area contributed by atoms with Crippen LogP contribution in [0.2, 0.25) is 0 Å². The molecule has 5 amide bonds. The predicted molar refractivity (Wildman–Crippen MR) is 234 cm³/mol. The molecule has 2 aliphatic heterocycles. The molecular formula is C44H54N12O5. The van der Waals surface area contributed by atoms with E-state index in [1.165, 1.54) is 0 Å². The lowest BCUT2D eigenvalue weighted by Gasteiger charge is -2.22. The fraction of sp³-hybridized carbons (Fsp3) is 0.409. The number of imidazole rings is 1. The lowest BCUT2D eigenvalue weighted by molar-refractivity contribution is -0.122. The molecule has 0 spiro atoms. The van der Waals surface area contributed by atoms with Gasteiger partial charge in [0, 0.05) is 62.0 Å². The van der Waals surface area contributed by atoms with E-state index in [-0.39, 0.29) is 48.8 Å². The molecule has 0 radical (unpaired) electrons. The number of likely N-dealkylation sites (tertiary alicyclic amines) is 1. The average Bonchev–Trinajstić information content (AvgIpc) is 4.06. The number of aliphatic hydroxyl groups excluding tert-OH is 2. The molecule has 17 heteroatoms. The molecule has 0 bridgehead atoms. The third-order valence-corrected chi connectivity index (χ3v) is 11.9. The minimum Gasteiger partial charge on any atom is -0.388 e. The quantitative estimate of drug-likeness (QED) is 0.0854. The Morgan fingerprint density at radius 3 is 2.05 bits per heavy atom. The van der Waals surface area contributed by atoms with E-state index in [1.807, 2.05) is 48.3 Å². The van der Waals surface area contributed by atoms with Gasteiger partial charge >= 0.3 is 12.1 Å². The first-order chi connectivity index (χ1) is 29.6. The number of nitrogens with one attached hydrogen (secondary N) is 6. The smallest absolute Gasteiger partial charge is 0.319 e. The summed E-state index contributed by atoms with van der Waals surface area (Å²) in [6.45, 7) is 4.96. The van der Waals surface area contributed by atoms with Gasteiger partial charge in [-0.1, -0.05) is 73.7 Å². The maximum Gasteiger partial charge on any atom is 0.319 e. The van der Waals surface area contributed by atoms with Gasteiger partial charge in [0.2, 0.25) is 11.9 Å². The Labute approximate surface area is 354 Å². The molecule has 4 heterocycles. The van der Waals surface area contributed by atoms with Crippen molar-refractivity contribution in [3.05, 3.63) is 102 Å². The number of benzene rings is 3. The number of anilines is 4. The molecule has 3 fully saturated rings. The van der Waals surface area contributed by atoms with Gasteiger partial charge in [-0.2, -0.15) is 9.97 Å². The van der Waals surface area contributed by atoms with Crippen molar-refractivity contribution in [1.29, 1.82) is 0 Å². The zero-order valence-corrected chi connectivity index (χ0v) is 34.4. The van der Waals surface area contributed by atoms with E-state index >= 15 is 0 Å². The van der Waals surface area contributed by atoms with Crippen molar-refractivity contribution in [3.63, 3.8) is 0 Å². The first-order valence-corrected chi connectivity index (χ1v) is 21.0. The Kier molecular flexibility index (Phi) is 12.6. The van der Waals surface area contributed by atoms with E-state index in [4.69, 9.17) is 15.0 Å². The summed E-state index contributed by atoms with van der Waals surface area (Å²) >= 11 is 0. The van der Waals surface area contributed by atoms with Gasteiger partial charge in [0.25, 0.3) is 0 Å². The van der Waals surface area contributed by atoms with Gasteiger partial charge in [-0.25, -0.2) is 14.6 Å². The van der Waals surface area contributed by atoms with Crippen LogP contribution in [0.25, 0.3) is 11.2 Å². The van der Waals surface area contributed by atoms with Crippen molar-refractivity contribution in [2.45, 2.75) is 74.9 Å². The Morgan fingerprint density at radius 2 is 1.43 bits per heavy atom. The van der Waals surface area contributed by atoms with Crippen LogP contribution in [0, 0.1) is 0 Å². The van der Waals surface area contributed by atoms with Gasteiger partial charge in [0.15, 0.2) is 17.0 Å². The molecule has 3 aromatic carbocycles. The molecule has 5 unspecified atom stereocenters. The van der Waals surface area contributed by atoms with Gasteiger partial charge in [-0.3, -0.25) is 4.79 Å². The molecule has 320 valence electrons. The first kappa shape index (κ1) is 41.4. The van der Waals surface area contributed by atoms with Crippen LogP contribution in [-0.2, 0) is 4.79 Å². The number of rotatable bonds is 13. The summed E-state index contributed by atoms with van der Waals surface area (Å²) in [7, 11) is 2.03. The highest BCUT2D eigenvalue weighted by Crippen LogP contribution is 2.36. The molecular weight excluding hydrogens is 777 g/mol. The van der Waals surface area contributed by atoms with E-state index < -0.39 is 24.3 Å². The van der Waals surface area contributed by atoms with Crippen molar-refractivity contribution < 1.29 is 24.6 Å². The van der Waals surface area contributed by atoms with Crippen LogP contribution in [0.15, 0.2) is 91.3 Å². The molecule has 1 aliphatic carbocycles. The number of carbonyl (C=O) groups excluding carboxylic acids is 3. The lowest BCUT2D eigenvalue weighted by Crippen LogP contribution is -2.42. The molecule has 1 saturated carbocycles. The van der Waals surface area contributed by atoms with Crippen LogP contribution in [-0.4, -0.2) is 123 Å². The summed E-state index contributed by atoms with van der Waals surface area (Å²) in [5, 5.41) is 40.5. The standard InChI is InChI=1S/C44H54N12O5/c1-3-36(57)51-34-22-35(39(59)38(34)58)56-26-46-37-40(45-23-33(27-11-6-4-7-12-27)28-13-8-5-9-14-28)52-42(53-41(37)56)55-20-18-32(25-55)50-44(61)48-30-16-10-15-29(21-30)47-43(60)49-31-17-19-54(2)24-31/h4-16,21,26,31-35,38-39,58-59H,3,17-20,22-25H2,1-2H3,(H,51,57)(H,45,52,53)(H2,47,49,60)(H2,48,50,61)/t31?,32?,34?,35?,38-,39?/m1/s1. The molecule has 5 aromatic rings. The number of nitrogens with zero attached hydrogens (tertiary/aromatic N) is 6. The van der Waals surface area contributed by atoms with Gasteiger partial charge in [-0.05, 0) is 62.2 Å². The number of hydrogen-bond donors (Lipinski definition) is 8. The Balaban J connectivity index is 0.997. The second-order valence-corrected chi connectivity index (χ2v) is 16.2. The van der Waals surface area contributed by atoms with Crippen molar-refractivity contribution in [2.75, 3.05) is 60.6 Å². The monoisotopic (exact) mass is 830 g/mol. The third kappa shape index (κ3) is 9.69. The van der Waals surface area contributed by atoms with Crippen LogP contribution >= 0.6 is 0 Å². The molecule has 61 heavy (non-hydrogen) atoms. The van der Waals surface area contributed by atoms with Gasteiger partial charge in [-0.15, -0.1) is 0 Å². The molecule has 17 nitrogen and oxygen atoms in total. The van der Waals surface area contributed by atoms with Crippen molar-refractivity contribution in [2.24, 2.45) is 0 Å². The summed E-state index contributed by atoms with van der Waals surface area (Å²) in [5.41, 5.74) is 4.32. The minimum atomic E-state index is -1.18. The summed E-state index contributed by atoms with van der Waals surface area (Å²) in [4.78, 5) is 57.1. The second-order valence-electron chi connectivity index (χ2n) is 16.2. The van der Waals surface area contributed by atoms with E-state index in [0.29, 0.717) is 60.4 Å². The zero-order chi connectivity index (χ0) is 42.5. The fourth-order valence-corrected chi connectivity index (χ4v) is 8.64. The van der Waals surface area contributed by atoms with Crippen LogP contribution in [0.1, 0.15) is 55.7 Å². The number of likely N-dealkylation sites (N-methyl/N-ethyl adjacent to an activating group) is 1. The highest BCUT2D eigenvalue weighted by molar-refractivity contribution is 5.93. The Hall–Kier alpha value is -6.30. The molecule has 2 aromatic heterocycles. The first-order valence-electron chi connectivity index (χ1n) is 21.0. The van der Waals surface area contributed by atoms with Gasteiger partial charge < -0.3 is 56.5 Å². The SMILES string of the molecule is CCC(=O)NC1CC(n2cnc3c(NCC(c4ccccc4)c4ccccc4)nc(N4CCC(NC(=O)Nc5cccc(NC(=O)NC6CCN(C)C6)c5)C4)nc32)C(O)[C@@H]1O. The van der Waals surface area contributed by atoms with Crippen molar-refractivity contribution in [1.82, 2.24) is 40.4 Å². The lowest BCUT2D eigenvalue weighted by atomic mass is 9.91. The summed E-state index contributed by atoms with van der Waals surface area (Å²) in [6.07, 6.45) is 1.32. The second kappa shape index (κ2) is 18.5. The summed E-state index contributed by atoms with van der Waals surface area (Å²) in [6, 6.07) is 25.4. The molecule has 6 atom stereocenters. The van der Waals surface area contributed by atoms with Gasteiger partial charge in [0.1, 0.15) is 12.2 Å². The number of urea groups is 2. The third-order valence-electron chi connectivity index (χ3n) is 11.9. The highest BCUT2D eigenvalue weighted by atomic mass is 16.3. The van der Waals surface area contributed by atoms with Crippen LogP contribution < -0.4 is 36.8 Å². The Bertz CT molecular complexity index is 2270. The van der Waals surface area contributed by atoms with Crippen LogP contribution in [0.4, 0.5) is 32.7 Å². The number of aliphatic hydroxyl groups is 2. The fourth-order valence-electron chi connectivity index (χ4n) is 8.64.